The molecule has 1 atom stereocenters. The zero-order chi connectivity index (χ0) is 16.9. The molecule has 1 unspecified atom stereocenters. The molecule has 1 rings (SSSR count). The number of benzene rings is 1. The van der Waals surface area contributed by atoms with Crippen LogP contribution in [0.1, 0.15) is 37.5 Å². The van der Waals surface area contributed by atoms with Crippen molar-refractivity contribution in [2.75, 3.05) is 18.5 Å². The van der Waals surface area contributed by atoms with Gasteiger partial charge >= 0.3 is 0 Å². The van der Waals surface area contributed by atoms with Gasteiger partial charge in [-0.05, 0) is 43.5 Å². The fourth-order valence-electron chi connectivity index (χ4n) is 2.18. The third kappa shape index (κ3) is 5.31. The zero-order valence-corrected chi connectivity index (χ0v) is 14.4. The Morgan fingerprint density at radius 2 is 1.91 bits per heavy atom. The molecule has 0 aliphatic rings. The Morgan fingerprint density at radius 1 is 1.27 bits per heavy atom. The molecule has 124 valence electrons. The normalized spacial score (nSPS) is 12.4. The predicted molar refractivity (Wildman–Crippen MR) is 89.6 cm³/mol. The van der Waals surface area contributed by atoms with Gasteiger partial charge in [0.1, 0.15) is 18.5 Å². The number of carbonyl (C=O) groups is 1. The minimum Gasteiger partial charge on any atom is -0.491 e. The lowest BCUT2D eigenvalue weighted by atomic mass is 10.0. The molecule has 1 aromatic rings. The number of hydrogen-bond donors (Lipinski definition) is 3. The van der Waals surface area contributed by atoms with Crippen LogP contribution < -0.4 is 15.4 Å². The molecule has 0 heterocycles. The van der Waals surface area contributed by atoms with Crippen LogP contribution in [0.25, 0.3) is 0 Å². The number of nitrogens with one attached hydrogen (secondary N) is 2. The van der Waals surface area contributed by atoms with Crippen LogP contribution in [-0.4, -0.2) is 36.3 Å². The number of aliphatic hydroxyl groups is 1. The number of carbonyl (C=O) groups excluding carboxylic acids is 1. The maximum atomic E-state index is 11.3. The van der Waals surface area contributed by atoms with E-state index in [-0.39, 0.29) is 12.5 Å². The van der Waals surface area contributed by atoms with Crippen LogP contribution in [-0.2, 0) is 4.79 Å². The molecule has 0 aliphatic heterocycles. The number of aliphatic hydroxyl groups excluding tert-OH is 1. The Hall–Kier alpha value is -1.59. The first-order chi connectivity index (χ1) is 10.2. The molecule has 5 nitrogen and oxygen atoms in total. The van der Waals surface area contributed by atoms with Crippen LogP contribution in [0, 0.1) is 20.8 Å². The highest BCUT2D eigenvalue weighted by Crippen LogP contribution is 2.31. The van der Waals surface area contributed by atoms with Gasteiger partial charge in [-0.25, -0.2) is 0 Å². The van der Waals surface area contributed by atoms with Crippen LogP contribution in [0.15, 0.2) is 6.07 Å². The molecule has 22 heavy (non-hydrogen) atoms. The van der Waals surface area contributed by atoms with E-state index in [0.717, 1.165) is 28.1 Å². The summed E-state index contributed by atoms with van der Waals surface area (Å²) in [6.07, 6.45) is -0.558. The van der Waals surface area contributed by atoms with Crippen molar-refractivity contribution in [3.8, 4) is 5.75 Å². The van der Waals surface area contributed by atoms with E-state index in [1.54, 1.807) is 0 Å². The van der Waals surface area contributed by atoms with Crippen molar-refractivity contribution >= 4 is 11.6 Å². The van der Waals surface area contributed by atoms with Gasteiger partial charge in [0.2, 0.25) is 5.91 Å². The van der Waals surface area contributed by atoms with Crippen LogP contribution >= 0.6 is 0 Å². The van der Waals surface area contributed by atoms with Gasteiger partial charge in [0.15, 0.2) is 0 Å². The van der Waals surface area contributed by atoms with Gasteiger partial charge in [-0.15, -0.1) is 0 Å². The molecule has 0 bridgehead atoms. The van der Waals surface area contributed by atoms with E-state index in [2.05, 4.69) is 10.6 Å². The van der Waals surface area contributed by atoms with Gasteiger partial charge in [0.05, 0.1) is 0 Å². The standard InChI is InChI=1S/C17H28N2O3/c1-10(2)18-8-15(21)9-22-16-7-11(3)17(19-14(6)20)13(5)12(16)4/h7,10,15,18,21H,8-9H2,1-6H3,(H,19,20). The lowest BCUT2D eigenvalue weighted by Gasteiger charge is -2.19. The summed E-state index contributed by atoms with van der Waals surface area (Å²) in [6.45, 7) is 12.1. The summed E-state index contributed by atoms with van der Waals surface area (Å²) >= 11 is 0. The van der Waals surface area contributed by atoms with Gasteiger partial charge in [-0.2, -0.15) is 0 Å². The minimum absolute atomic E-state index is 0.0885. The van der Waals surface area contributed by atoms with Crippen molar-refractivity contribution in [2.24, 2.45) is 0 Å². The molecule has 5 heteroatoms. The Morgan fingerprint density at radius 3 is 2.45 bits per heavy atom. The van der Waals surface area contributed by atoms with Gasteiger partial charge in [0.25, 0.3) is 0 Å². The first-order valence-electron chi connectivity index (χ1n) is 7.65. The van der Waals surface area contributed by atoms with E-state index in [0.29, 0.717) is 12.6 Å². The summed E-state index contributed by atoms with van der Waals surface area (Å²) in [5.41, 5.74) is 3.74. The largest absolute Gasteiger partial charge is 0.491 e. The summed E-state index contributed by atoms with van der Waals surface area (Å²) in [6, 6.07) is 2.23. The molecule has 0 spiro atoms. The molecule has 0 radical (unpaired) electrons. The van der Waals surface area contributed by atoms with E-state index >= 15 is 0 Å². The van der Waals surface area contributed by atoms with E-state index in [4.69, 9.17) is 4.74 Å². The maximum Gasteiger partial charge on any atom is 0.221 e. The zero-order valence-electron chi connectivity index (χ0n) is 14.4. The van der Waals surface area contributed by atoms with Gasteiger partial charge in [-0.3, -0.25) is 4.79 Å². The highest BCUT2D eigenvalue weighted by molar-refractivity contribution is 5.91. The van der Waals surface area contributed by atoms with E-state index in [1.165, 1.54) is 6.92 Å². The smallest absolute Gasteiger partial charge is 0.221 e. The quantitative estimate of drug-likeness (QED) is 0.723. The third-order valence-corrected chi connectivity index (χ3v) is 3.54. The second-order valence-corrected chi connectivity index (χ2v) is 6.03. The van der Waals surface area contributed by atoms with Crippen molar-refractivity contribution in [3.63, 3.8) is 0 Å². The second-order valence-electron chi connectivity index (χ2n) is 6.03. The molecular formula is C17H28N2O3. The topological polar surface area (TPSA) is 70.6 Å². The highest BCUT2D eigenvalue weighted by Gasteiger charge is 2.13. The SMILES string of the molecule is CC(=O)Nc1c(C)cc(OCC(O)CNC(C)C)c(C)c1C. The van der Waals surface area contributed by atoms with Crippen molar-refractivity contribution in [1.29, 1.82) is 0 Å². The number of ether oxygens (including phenoxy) is 1. The number of anilines is 1. The molecule has 1 aromatic carbocycles. The van der Waals surface area contributed by atoms with Gasteiger partial charge in [-0.1, -0.05) is 13.8 Å². The summed E-state index contributed by atoms with van der Waals surface area (Å²) in [5.74, 6) is 0.655. The molecule has 0 fully saturated rings. The summed E-state index contributed by atoms with van der Waals surface area (Å²) in [7, 11) is 0. The van der Waals surface area contributed by atoms with E-state index in [9.17, 15) is 9.90 Å². The van der Waals surface area contributed by atoms with E-state index < -0.39 is 6.10 Å². The van der Waals surface area contributed by atoms with Crippen molar-refractivity contribution in [2.45, 2.75) is 53.7 Å². The van der Waals surface area contributed by atoms with Crippen LogP contribution in [0.3, 0.4) is 0 Å². The van der Waals surface area contributed by atoms with Crippen molar-refractivity contribution in [3.05, 3.63) is 22.8 Å². The molecule has 3 N–H and O–H groups in total. The van der Waals surface area contributed by atoms with Crippen molar-refractivity contribution < 1.29 is 14.6 Å². The monoisotopic (exact) mass is 308 g/mol. The van der Waals surface area contributed by atoms with Gasteiger partial charge < -0.3 is 20.5 Å². The molecule has 1 amide bonds. The first-order valence-corrected chi connectivity index (χ1v) is 7.65. The van der Waals surface area contributed by atoms with Crippen LogP contribution in [0.5, 0.6) is 5.75 Å². The third-order valence-electron chi connectivity index (χ3n) is 3.54. The average molecular weight is 308 g/mol. The highest BCUT2D eigenvalue weighted by atomic mass is 16.5. The Bertz CT molecular complexity index is 527. The minimum atomic E-state index is -0.558. The number of aryl methyl sites for hydroxylation is 1. The lowest BCUT2D eigenvalue weighted by molar-refractivity contribution is -0.114. The lowest BCUT2D eigenvalue weighted by Crippen LogP contribution is -2.35. The summed E-state index contributed by atoms with van der Waals surface area (Å²) in [4.78, 5) is 11.3. The van der Waals surface area contributed by atoms with Gasteiger partial charge in [0, 0.05) is 25.2 Å². The van der Waals surface area contributed by atoms with Crippen molar-refractivity contribution in [1.82, 2.24) is 5.32 Å². The first kappa shape index (κ1) is 18.5. The van der Waals surface area contributed by atoms with Crippen LogP contribution in [0.4, 0.5) is 5.69 Å². The fourth-order valence-corrected chi connectivity index (χ4v) is 2.18. The Labute approximate surface area is 133 Å². The molecule has 0 aliphatic carbocycles. The summed E-state index contributed by atoms with van der Waals surface area (Å²) < 4.78 is 5.75. The van der Waals surface area contributed by atoms with E-state index in [1.807, 2.05) is 40.7 Å². The molecule has 0 saturated carbocycles. The summed E-state index contributed by atoms with van der Waals surface area (Å²) in [5, 5.41) is 15.9. The molecule has 0 aromatic heterocycles. The fraction of sp³-hybridized carbons (Fsp3) is 0.588. The number of hydrogen-bond acceptors (Lipinski definition) is 4. The molecular weight excluding hydrogens is 280 g/mol. The van der Waals surface area contributed by atoms with Crippen LogP contribution in [0.2, 0.25) is 0 Å². The maximum absolute atomic E-state index is 11.3. The Balaban J connectivity index is 2.78. The second kappa shape index (κ2) is 8.15. The number of amides is 1. The molecule has 0 saturated heterocycles. The number of rotatable bonds is 7. The predicted octanol–water partition coefficient (Wildman–Crippen LogP) is 2.31. The average Bonchev–Trinajstić information content (AvgIpc) is 2.43. The Kier molecular flexibility index (Phi) is 6.84.